The van der Waals surface area contributed by atoms with E-state index >= 15 is 0 Å². The fraction of sp³-hybridized carbons (Fsp3) is 0.600. The van der Waals surface area contributed by atoms with Gasteiger partial charge in [-0.2, -0.15) is 0 Å². The fourth-order valence-corrected chi connectivity index (χ4v) is 2.56. The highest BCUT2D eigenvalue weighted by molar-refractivity contribution is 5.42. The highest BCUT2D eigenvalue weighted by Gasteiger charge is 2.16. The van der Waals surface area contributed by atoms with Crippen LogP contribution >= 0.6 is 0 Å². The lowest BCUT2D eigenvalue weighted by Crippen LogP contribution is -2.49. The topological polar surface area (TPSA) is 33.7 Å². The van der Waals surface area contributed by atoms with Crippen molar-refractivity contribution in [2.24, 2.45) is 0 Å². The van der Waals surface area contributed by atoms with Gasteiger partial charge in [0.1, 0.15) is 0 Å². The summed E-state index contributed by atoms with van der Waals surface area (Å²) < 4.78 is 10.6. The Morgan fingerprint density at radius 2 is 2.05 bits per heavy atom. The molecule has 0 saturated carbocycles. The number of methoxy groups -OCH3 is 2. The Morgan fingerprint density at radius 3 is 2.74 bits per heavy atom. The second kappa shape index (κ2) is 6.78. The number of nitrogens with one attached hydrogen (secondary N) is 1. The Kier molecular flexibility index (Phi) is 5.05. The van der Waals surface area contributed by atoms with Gasteiger partial charge in [0.15, 0.2) is 11.5 Å². The zero-order chi connectivity index (χ0) is 13.7. The standard InChI is InChI=1S/C15H24N2O2/c1-17-9-8-16-13(11-17)6-4-12-5-7-14(18-2)15(10-12)19-3/h5,7,10,13,16H,4,6,8-9,11H2,1-3H3. The van der Waals surface area contributed by atoms with Crippen LogP contribution in [0.25, 0.3) is 0 Å². The second-order valence-corrected chi connectivity index (χ2v) is 5.14. The molecule has 1 atom stereocenters. The average Bonchev–Trinajstić information content (AvgIpc) is 2.45. The monoisotopic (exact) mass is 264 g/mol. The highest BCUT2D eigenvalue weighted by atomic mass is 16.5. The van der Waals surface area contributed by atoms with Gasteiger partial charge in [-0.05, 0) is 37.6 Å². The van der Waals surface area contributed by atoms with Gasteiger partial charge < -0.3 is 19.7 Å². The van der Waals surface area contributed by atoms with Crippen molar-refractivity contribution in [3.05, 3.63) is 23.8 Å². The summed E-state index contributed by atoms with van der Waals surface area (Å²) >= 11 is 0. The van der Waals surface area contributed by atoms with Crippen LogP contribution in [0.3, 0.4) is 0 Å². The average molecular weight is 264 g/mol. The lowest BCUT2D eigenvalue weighted by Gasteiger charge is -2.31. The van der Waals surface area contributed by atoms with Gasteiger partial charge in [-0.3, -0.25) is 0 Å². The maximum atomic E-state index is 5.34. The molecule has 0 aliphatic carbocycles. The van der Waals surface area contributed by atoms with Crippen molar-refractivity contribution in [3.63, 3.8) is 0 Å². The van der Waals surface area contributed by atoms with Crippen LogP contribution in [0.15, 0.2) is 18.2 Å². The van der Waals surface area contributed by atoms with Crippen LogP contribution < -0.4 is 14.8 Å². The number of aryl methyl sites for hydroxylation is 1. The van der Waals surface area contributed by atoms with Crippen LogP contribution in [-0.2, 0) is 6.42 Å². The van der Waals surface area contributed by atoms with Crippen LogP contribution in [0.2, 0.25) is 0 Å². The largest absolute Gasteiger partial charge is 0.493 e. The molecule has 1 unspecified atom stereocenters. The Morgan fingerprint density at radius 1 is 1.26 bits per heavy atom. The molecule has 0 aromatic heterocycles. The summed E-state index contributed by atoms with van der Waals surface area (Å²) in [6.45, 7) is 3.37. The van der Waals surface area contributed by atoms with E-state index in [0.29, 0.717) is 6.04 Å². The van der Waals surface area contributed by atoms with Gasteiger partial charge in [0.25, 0.3) is 0 Å². The van der Waals surface area contributed by atoms with Gasteiger partial charge >= 0.3 is 0 Å². The molecule has 0 spiro atoms. The highest BCUT2D eigenvalue weighted by Crippen LogP contribution is 2.28. The number of piperazine rings is 1. The minimum absolute atomic E-state index is 0.590. The lowest BCUT2D eigenvalue weighted by atomic mass is 10.0. The third kappa shape index (κ3) is 3.85. The summed E-state index contributed by atoms with van der Waals surface area (Å²) in [6, 6.07) is 6.76. The molecular formula is C15H24N2O2. The van der Waals surface area contributed by atoms with Gasteiger partial charge in [-0.1, -0.05) is 6.07 Å². The summed E-state index contributed by atoms with van der Waals surface area (Å²) in [6.07, 6.45) is 2.21. The maximum absolute atomic E-state index is 5.34. The molecule has 106 valence electrons. The Balaban J connectivity index is 1.92. The normalized spacial score (nSPS) is 20.3. The van der Waals surface area contributed by atoms with Gasteiger partial charge in [-0.25, -0.2) is 0 Å². The van der Waals surface area contributed by atoms with E-state index in [-0.39, 0.29) is 0 Å². The Hall–Kier alpha value is -1.26. The third-order valence-corrected chi connectivity index (χ3v) is 3.69. The van der Waals surface area contributed by atoms with Crippen molar-refractivity contribution in [1.29, 1.82) is 0 Å². The molecule has 0 radical (unpaired) electrons. The number of ether oxygens (including phenoxy) is 2. The summed E-state index contributed by atoms with van der Waals surface area (Å²) in [7, 11) is 5.53. The van der Waals surface area contributed by atoms with Crippen molar-refractivity contribution in [2.75, 3.05) is 40.9 Å². The van der Waals surface area contributed by atoms with E-state index in [0.717, 1.165) is 44.0 Å². The minimum Gasteiger partial charge on any atom is -0.493 e. The van der Waals surface area contributed by atoms with Gasteiger partial charge in [0.05, 0.1) is 14.2 Å². The zero-order valence-corrected chi connectivity index (χ0v) is 12.1. The first-order valence-corrected chi connectivity index (χ1v) is 6.85. The first kappa shape index (κ1) is 14.2. The van der Waals surface area contributed by atoms with Crippen molar-refractivity contribution >= 4 is 0 Å². The van der Waals surface area contributed by atoms with E-state index in [1.54, 1.807) is 14.2 Å². The molecule has 2 rings (SSSR count). The number of likely N-dealkylation sites (N-methyl/N-ethyl adjacent to an activating group) is 1. The van der Waals surface area contributed by atoms with E-state index in [9.17, 15) is 0 Å². The SMILES string of the molecule is COc1ccc(CCC2CN(C)CCN2)cc1OC. The molecule has 1 aliphatic rings. The first-order chi connectivity index (χ1) is 9.22. The number of hydrogen-bond acceptors (Lipinski definition) is 4. The van der Waals surface area contributed by atoms with E-state index in [1.165, 1.54) is 5.56 Å². The minimum atomic E-state index is 0.590. The summed E-state index contributed by atoms with van der Waals surface area (Å²) in [5.74, 6) is 1.61. The van der Waals surface area contributed by atoms with Crippen LogP contribution in [0.1, 0.15) is 12.0 Å². The van der Waals surface area contributed by atoms with Crippen molar-refractivity contribution in [1.82, 2.24) is 10.2 Å². The predicted octanol–water partition coefficient (Wildman–Crippen LogP) is 1.54. The molecule has 19 heavy (non-hydrogen) atoms. The molecular weight excluding hydrogens is 240 g/mol. The van der Waals surface area contributed by atoms with Crippen LogP contribution in [0.4, 0.5) is 0 Å². The smallest absolute Gasteiger partial charge is 0.160 e. The molecule has 4 heteroatoms. The maximum Gasteiger partial charge on any atom is 0.160 e. The second-order valence-electron chi connectivity index (χ2n) is 5.14. The number of nitrogens with zero attached hydrogens (tertiary/aromatic N) is 1. The number of benzene rings is 1. The third-order valence-electron chi connectivity index (χ3n) is 3.69. The van der Waals surface area contributed by atoms with E-state index < -0.39 is 0 Å². The molecule has 1 aromatic rings. The molecule has 1 heterocycles. The molecule has 0 bridgehead atoms. The molecule has 4 nitrogen and oxygen atoms in total. The molecule has 1 aromatic carbocycles. The van der Waals surface area contributed by atoms with Crippen molar-refractivity contribution < 1.29 is 9.47 Å². The Labute approximate surface area is 115 Å². The van der Waals surface area contributed by atoms with E-state index in [1.807, 2.05) is 6.07 Å². The lowest BCUT2D eigenvalue weighted by molar-refractivity contribution is 0.232. The summed E-state index contributed by atoms with van der Waals surface area (Å²) in [5, 5.41) is 3.57. The predicted molar refractivity (Wildman–Crippen MR) is 77.2 cm³/mol. The molecule has 1 aliphatic heterocycles. The van der Waals surface area contributed by atoms with Gasteiger partial charge in [-0.15, -0.1) is 0 Å². The van der Waals surface area contributed by atoms with Crippen LogP contribution in [0, 0.1) is 0 Å². The summed E-state index contributed by atoms with van der Waals surface area (Å²) in [5.41, 5.74) is 1.30. The van der Waals surface area contributed by atoms with E-state index in [4.69, 9.17) is 9.47 Å². The van der Waals surface area contributed by atoms with Crippen LogP contribution in [0.5, 0.6) is 11.5 Å². The molecule has 1 saturated heterocycles. The quantitative estimate of drug-likeness (QED) is 0.874. The van der Waals surface area contributed by atoms with Crippen molar-refractivity contribution in [2.45, 2.75) is 18.9 Å². The fourth-order valence-electron chi connectivity index (χ4n) is 2.56. The van der Waals surface area contributed by atoms with Gasteiger partial charge in [0.2, 0.25) is 0 Å². The number of hydrogen-bond donors (Lipinski definition) is 1. The molecule has 0 amide bonds. The van der Waals surface area contributed by atoms with Crippen LogP contribution in [-0.4, -0.2) is 51.8 Å². The van der Waals surface area contributed by atoms with E-state index in [2.05, 4.69) is 29.4 Å². The van der Waals surface area contributed by atoms with Crippen molar-refractivity contribution in [3.8, 4) is 11.5 Å². The zero-order valence-electron chi connectivity index (χ0n) is 12.1. The van der Waals surface area contributed by atoms with Gasteiger partial charge in [0, 0.05) is 25.7 Å². The Bertz CT molecular complexity index is 409. The summed E-state index contributed by atoms with van der Waals surface area (Å²) in [4.78, 5) is 2.38. The first-order valence-electron chi connectivity index (χ1n) is 6.85. The molecule has 1 fully saturated rings. The molecule has 1 N–H and O–H groups in total. The number of rotatable bonds is 5.